The van der Waals surface area contributed by atoms with Crippen LogP contribution < -0.4 is 10.1 Å². The van der Waals surface area contributed by atoms with Crippen molar-refractivity contribution in [1.82, 2.24) is 10.2 Å². The van der Waals surface area contributed by atoms with Crippen LogP contribution in [0.3, 0.4) is 0 Å². The summed E-state index contributed by atoms with van der Waals surface area (Å²) in [6.07, 6.45) is 0. The van der Waals surface area contributed by atoms with E-state index in [2.05, 4.69) is 5.32 Å². The lowest BCUT2D eigenvalue weighted by Gasteiger charge is -2.36. The van der Waals surface area contributed by atoms with Gasteiger partial charge in [-0.3, -0.25) is 4.79 Å². The molecule has 1 heterocycles. The Morgan fingerprint density at radius 3 is 2.29 bits per heavy atom. The number of nitrogens with zero attached hydrogens (tertiary/aromatic N) is 1. The molecule has 156 valence electrons. The number of ether oxygens (including phenoxy) is 1. The maximum absolute atomic E-state index is 13.5. The molecule has 31 heavy (non-hydrogen) atoms. The predicted molar refractivity (Wildman–Crippen MR) is 127 cm³/mol. The van der Waals surface area contributed by atoms with Gasteiger partial charge in [0.1, 0.15) is 12.4 Å². The normalized spacial score (nSPS) is 16.1. The summed E-state index contributed by atoms with van der Waals surface area (Å²) in [4.78, 5) is 15.4. The molecule has 1 aliphatic heterocycles. The monoisotopic (exact) mass is 428 g/mol. The Bertz CT molecular complexity index is 1130. The van der Waals surface area contributed by atoms with Gasteiger partial charge in [-0.1, -0.05) is 78.9 Å². The molecule has 0 radical (unpaired) electrons. The predicted octanol–water partition coefficient (Wildman–Crippen LogP) is 5.28. The molecule has 0 bridgehead atoms. The number of para-hydroxylation sites is 1. The molecule has 1 N–H and O–H groups in total. The lowest BCUT2D eigenvalue weighted by molar-refractivity contribution is 0.102. The molecule has 0 saturated carbocycles. The first-order valence-corrected chi connectivity index (χ1v) is 10.6. The second-order valence-corrected chi connectivity index (χ2v) is 7.83. The van der Waals surface area contributed by atoms with Crippen molar-refractivity contribution >= 4 is 23.1 Å². The third-order valence-corrected chi connectivity index (χ3v) is 5.89. The second-order valence-electron chi connectivity index (χ2n) is 7.45. The summed E-state index contributed by atoms with van der Waals surface area (Å²) in [5.74, 6) is 0.699. The first-order valence-electron chi connectivity index (χ1n) is 10.2. The Morgan fingerprint density at radius 1 is 0.968 bits per heavy atom. The Kier molecular flexibility index (Phi) is 6.14. The molecule has 1 aliphatic rings. The van der Waals surface area contributed by atoms with Gasteiger partial charge in [0.25, 0.3) is 0 Å². The number of allylic oxidation sites excluding steroid dienone is 1. The zero-order chi connectivity index (χ0) is 21.8. The van der Waals surface area contributed by atoms with Crippen LogP contribution in [0.15, 0.2) is 96.2 Å². The molecule has 0 fully saturated rings. The standard InChI is InChI=1S/C26H24N2O2S/c1-18-23(25(29)20-13-7-4-8-14-20)24(27-26(31)28(18)2)21-15-9-10-16-22(21)30-17-19-11-5-3-6-12-19/h3-16,24H,17H2,1-2H3,(H,27,31). The van der Waals surface area contributed by atoms with Gasteiger partial charge in [0.2, 0.25) is 0 Å². The van der Waals surface area contributed by atoms with Crippen molar-refractivity contribution in [1.29, 1.82) is 0 Å². The highest BCUT2D eigenvalue weighted by Gasteiger charge is 2.34. The molecule has 4 rings (SSSR count). The van der Waals surface area contributed by atoms with Crippen LogP contribution in [0.25, 0.3) is 0 Å². The van der Waals surface area contributed by atoms with Crippen LogP contribution in [-0.2, 0) is 6.61 Å². The Morgan fingerprint density at radius 2 is 1.58 bits per heavy atom. The first kappa shape index (κ1) is 20.8. The highest BCUT2D eigenvalue weighted by Crippen LogP contribution is 2.36. The summed E-state index contributed by atoms with van der Waals surface area (Å²) in [6.45, 7) is 2.38. The number of nitrogens with one attached hydrogen (secondary N) is 1. The summed E-state index contributed by atoms with van der Waals surface area (Å²) in [6, 6.07) is 26.8. The molecule has 0 spiro atoms. The van der Waals surface area contributed by atoms with Crippen molar-refractivity contribution in [3.8, 4) is 5.75 Å². The van der Waals surface area contributed by atoms with Gasteiger partial charge >= 0.3 is 0 Å². The lowest BCUT2D eigenvalue weighted by Crippen LogP contribution is -2.45. The number of hydrogen-bond donors (Lipinski definition) is 1. The zero-order valence-corrected chi connectivity index (χ0v) is 18.4. The van der Waals surface area contributed by atoms with E-state index in [1.54, 1.807) is 0 Å². The highest BCUT2D eigenvalue weighted by atomic mass is 32.1. The van der Waals surface area contributed by atoms with Gasteiger partial charge in [-0.05, 0) is 30.8 Å². The Labute approximate surface area is 188 Å². The minimum Gasteiger partial charge on any atom is -0.489 e. The largest absolute Gasteiger partial charge is 0.489 e. The quantitative estimate of drug-likeness (QED) is 0.427. The van der Waals surface area contributed by atoms with Crippen LogP contribution in [0, 0.1) is 0 Å². The average Bonchev–Trinajstić information content (AvgIpc) is 2.82. The number of carbonyl (C=O) groups is 1. The summed E-state index contributed by atoms with van der Waals surface area (Å²) >= 11 is 5.55. The molecule has 0 aliphatic carbocycles. The van der Waals surface area contributed by atoms with Gasteiger partial charge < -0.3 is 15.0 Å². The van der Waals surface area contributed by atoms with Crippen molar-refractivity contribution in [2.75, 3.05) is 7.05 Å². The fourth-order valence-electron chi connectivity index (χ4n) is 3.69. The Hall–Kier alpha value is -3.44. The van der Waals surface area contributed by atoms with Gasteiger partial charge in [-0.2, -0.15) is 0 Å². The number of hydrogen-bond acceptors (Lipinski definition) is 3. The van der Waals surface area contributed by atoms with E-state index in [0.717, 1.165) is 22.6 Å². The average molecular weight is 429 g/mol. The number of carbonyl (C=O) groups excluding carboxylic acids is 1. The van der Waals surface area contributed by atoms with E-state index in [1.165, 1.54) is 0 Å². The molecule has 0 aromatic heterocycles. The number of benzene rings is 3. The SMILES string of the molecule is CC1=C(C(=O)c2ccccc2)C(c2ccccc2OCc2ccccc2)NC(=S)N1C. The van der Waals surface area contributed by atoms with Gasteiger partial charge in [0.05, 0.1) is 6.04 Å². The molecule has 1 atom stereocenters. The molecule has 0 amide bonds. The zero-order valence-electron chi connectivity index (χ0n) is 17.5. The number of thiocarbonyl (C=S) groups is 1. The van der Waals surface area contributed by atoms with E-state index < -0.39 is 6.04 Å². The van der Waals surface area contributed by atoms with E-state index in [-0.39, 0.29) is 5.78 Å². The second kappa shape index (κ2) is 9.14. The van der Waals surface area contributed by atoms with Crippen molar-refractivity contribution in [3.05, 3.63) is 113 Å². The Balaban J connectivity index is 1.73. The van der Waals surface area contributed by atoms with Crippen LogP contribution in [0.4, 0.5) is 0 Å². The molecular formula is C26H24N2O2S. The van der Waals surface area contributed by atoms with Crippen molar-refractivity contribution in [3.63, 3.8) is 0 Å². The van der Waals surface area contributed by atoms with E-state index in [4.69, 9.17) is 17.0 Å². The summed E-state index contributed by atoms with van der Waals surface area (Å²) < 4.78 is 6.18. The van der Waals surface area contributed by atoms with Crippen LogP contribution in [-0.4, -0.2) is 22.8 Å². The topological polar surface area (TPSA) is 41.6 Å². The van der Waals surface area contributed by atoms with Crippen LogP contribution in [0.2, 0.25) is 0 Å². The van der Waals surface area contributed by atoms with Crippen LogP contribution >= 0.6 is 12.2 Å². The number of Topliss-reactive ketones (excluding diaryl/α,β-unsaturated/α-hetero) is 1. The minimum atomic E-state index is -0.400. The van der Waals surface area contributed by atoms with Gasteiger partial charge in [-0.15, -0.1) is 0 Å². The highest BCUT2D eigenvalue weighted by molar-refractivity contribution is 7.80. The first-order chi connectivity index (χ1) is 15.1. The maximum atomic E-state index is 13.5. The van der Waals surface area contributed by atoms with Crippen molar-refractivity contribution < 1.29 is 9.53 Å². The summed E-state index contributed by atoms with van der Waals surface area (Å²) in [5.41, 5.74) is 4.11. The number of rotatable bonds is 6. The maximum Gasteiger partial charge on any atom is 0.193 e. The van der Waals surface area contributed by atoms with E-state index in [0.29, 0.717) is 22.9 Å². The molecule has 1 unspecified atom stereocenters. The third-order valence-electron chi connectivity index (χ3n) is 5.50. The third kappa shape index (κ3) is 4.37. The smallest absolute Gasteiger partial charge is 0.193 e. The molecule has 5 heteroatoms. The summed E-state index contributed by atoms with van der Waals surface area (Å²) in [7, 11) is 1.87. The lowest BCUT2D eigenvalue weighted by atomic mass is 9.89. The summed E-state index contributed by atoms with van der Waals surface area (Å²) in [5, 5.41) is 3.92. The van der Waals surface area contributed by atoms with Gasteiger partial charge in [0.15, 0.2) is 10.9 Å². The molecule has 0 saturated heterocycles. The van der Waals surface area contributed by atoms with Crippen LogP contribution in [0.1, 0.15) is 34.5 Å². The molecule has 3 aromatic rings. The fourth-order valence-corrected chi connectivity index (χ4v) is 3.95. The van der Waals surface area contributed by atoms with E-state index in [1.807, 2.05) is 104 Å². The minimum absolute atomic E-state index is 0.0252. The van der Waals surface area contributed by atoms with E-state index >= 15 is 0 Å². The van der Waals surface area contributed by atoms with Gasteiger partial charge in [0, 0.05) is 29.4 Å². The molecule has 3 aromatic carbocycles. The fraction of sp³-hybridized carbons (Fsp3) is 0.154. The van der Waals surface area contributed by atoms with Gasteiger partial charge in [-0.25, -0.2) is 0 Å². The van der Waals surface area contributed by atoms with Crippen molar-refractivity contribution in [2.45, 2.75) is 19.6 Å². The van der Waals surface area contributed by atoms with Crippen molar-refractivity contribution in [2.24, 2.45) is 0 Å². The number of ketones is 1. The van der Waals surface area contributed by atoms with Crippen LogP contribution in [0.5, 0.6) is 5.75 Å². The van der Waals surface area contributed by atoms with E-state index in [9.17, 15) is 4.79 Å². The molecule has 4 nitrogen and oxygen atoms in total. The molecular weight excluding hydrogens is 404 g/mol.